The molecule has 11 heteroatoms. The van der Waals surface area contributed by atoms with Gasteiger partial charge in [0.05, 0.1) is 12.0 Å². The molecule has 1 aliphatic carbocycles. The number of nitrogens with one attached hydrogen (secondary N) is 1. The van der Waals surface area contributed by atoms with E-state index in [9.17, 15) is 20.0 Å². The molecule has 1 atom stereocenters. The lowest BCUT2D eigenvalue weighted by Crippen LogP contribution is -2.31. The molecule has 11 nitrogen and oxygen atoms in total. The van der Waals surface area contributed by atoms with Crippen molar-refractivity contribution in [2.45, 2.75) is 25.3 Å². The summed E-state index contributed by atoms with van der Waals surface area (Å²) in [5, 5.41) is 35.8. The number of ketones is 1. The SMILES string of the molecule is COc1cc(C2C3=C(CCCC3=O)Nc3nnnn32)cc([N+](=O)[O-])c1O. The molecule has 0 radical (unpaired) electrons. The molecule has 1 aromatic carbocycles. The van der Waals surface area contributed by atoms with E-state index < -0.39 is 22.4 Å². The number of Topliss-reactive ketones (excluding diaryl/α,β-unsaturated/α-hetero) is 1. The van der Waals surface area contributed by atoms with Crippen molar-refractivity contribution in [2.75, 3.05) is 12.4 Å². The van der Waals surface area contributed by atoms with Gasteiger partial charge >= 0.3 is 5.69 Å². The minimum Gasteiger partial charge on any atom is -0.500 e. The molecule has 2 N–H and O–H groups in total. The number of nitro benzene ring substituents is 1. The van der Waals surface area contributed by atoms with Crippen LogP contribution in [0.3, 0.4) is 0 Å². The average Bonchev–Trinajstić information content (AvgIpc) is 3.08. The Bertz CT molecular complexity index is 965. The van der Waals surface area contributed by atoms with Crippen LogP contribution in [0.25, 0.3) is 0 Å². The zero-order valence-electron chi connectivity index (χ0n) is 13.7. The lowest BCUT2D eigenvalue weighted by atomic mass is 9.85. The van der Waals surface area contributed by atoms with Crippen molar-refractivity contribution in [1.29, 1.82) is 0 Å². The van der Waals surface area contributed by atoms with Gasteiger partial charge in [-0.3, -0.25) is 14.9 Å². The van der Waals surface area contributed by atoms with Crippen molar-refractivity contribution < 1.29 is 19.6 Å². The lowest BCUT2D eigenvalue weighted by molar-refractivity contribution is -0.386. The first-order chi connectivity index (χ1) is 12.5. The summed E-state index contributed by atoms with van der Waals surface area (Å²) in [4.78, 5) is 23.2. The number of carbonyl (C=O) groups is 1. The Balaban J connectivity index is 1.96. The number of hydrogen-bond acceptors (Lipinski definition) is 9. The molecule has 1 unspecified atom stereocenters. The maximum absolute atomic E-state index is 12.6. The molecule has 0 amide bonds. The zero-order valence-corrected chi connectivity index (χ0v) is 13.7. The molecule has 0 saturated heterocycles. The number of nitro groups is 1. The number of tetrazole rings is 1. The molecule has 0 saturated carbocycles. The second-order valence-electron chi connectivity index (χ2n) is 5.99. The van der Waals surface area contributed by atoms with Crippen molar-refractivity contribution in [2.24, 2.45) is 0 Å². The normalized spacial score (nSPS) is 18.8. The topological polar surface area (TPSA) is 145 Å². The van der Waals surface area contributed by atoms with Gasteiger partial charge in [-0.1, -0.05) is 5.10 Å². The van der Waals surface area contributed by atoms with Crippen LogP contribution in [0.5, 0.6) is 11.5 Å². The van der Waals surface area contributed by atoms with Gasteiger partial charge in [-0.05, 0) is 34.9 Å². The molecule has 0 fully saturated rings. The Labute approximate surface area is 146 Å². The molecule has 2 aromatic rings. The van der Waals surface area contributed by atoms with E-state index in [1.54, 1.807) is 0 Å². The van der Waals surface area contributed by atoms with Gasteiger partial charge in [0.1, 0.15) is 6.04 Å². The third kappa shape index (κ3) is 2.28. The number of nitrogens with zero attached hydrogens (tertiary/aromatic N) is 5. The van der Waals surface area contributed by atoms with E-state index >= 15 is 0 Å². The van der Waals surface area contributed by atoms with Crippen LogP contribution in [0.1, 0.15) is 30.9 Å². The predicted molar refractivity (Wildman–Crippen MR) is 86.8 cm³/mol. The lowest BCUT2D eigenvalue weighted by Gasteiger charge is -2.31. The number of methoxy groups -OCH3 is 1. The standard InChI is InChI=1S/C15H14N6O5/c1-26-11-6-7(5-9(14(11)23)21(24)25)13-12-8(3-2-4-10(12)22)16-15-17-18-19-20(13)15/h5-6,13,23H,2-4H2,1H3,(H,16,17,19). The summed E-state index contributed by atoms with van der Waals surface area (Å²) in [5.74, 6) is -0.359. The molecule has 2 aliphatic rings. The highest BCUT2D eigenvalue weighted by atomic mass is 16.6. The molecule has 2 heterocycles. The Morgan fingerprint density at radius 3 is 2.96 bits per heavy atom. The third-order valence-electron chi connectivity index (χ3n) is 4.54. The predicted octanol–water partition coefficient (Wildman–Crippen LogP) is 1.32. The van der Waals surface area contributed by atoms with E-state index in [1.165, 1.54) is 23.9 Å². The Kier molecular flexibility index (Phi) is 3.56. The highest BCUT2D eigenvalue weighted by molar-refractivity contribution is 5.99. The first-order valence-electron chi connectivity index (χ1n) is 7.87. The van der Waals surface area contributed by atoms with Crippen LogP contribution in [0.2, 0.25) is 0 Å². The Morgan fingerprint density at radius 1 is 1.42 bits per heavy atom. The van der Waals surface area contributed by atoms with E-state index in [1.807, 2.05) is 0 Å². The zero-order chi connectivity index (χ0) is 18.4. The molecule has 1 aliphatic heterocycles. The number of aromatic nitrogens is 4. The third-order valence-corrected chi connectivity index (χ3v) is 4.54. The molecular weight excluding hydrogens is 344 g/mol. The van der Waals surface area contributed by atoms with Crippen molar-refractivity contribution in [3.63, 3.8) is 0 Å². The maximum atomic E-state index is 12.6. The number of phenolic OH excluding ortho intramolecular Hbond substituents is 1. The summed E-state index contributed by atoms with van der Waals surface area (Å²) in [6.45, 7) is 0. The van der Waals surface area contributed by atoms with Crippen LogP contribution < -0.4 is 10.1 Å². The number of phenols is 1. The fourth-order valence-corrected chi connectivity index (χ4v) is 3.39. The van der Waals surface area contributed by atoms with Crippen molar-refractivity contribution >= 4 is 17.4 Å². The first-order valence-corrected chi connectivity index (χ1v) is 7.87. The molecule has 1 aromatic heterocycles. The number of aromatic hydroxyl groups is 1. The number of anilines is 1. The number of fused-ring (bicyclic) bond motifs is 1. The fraction of sp³-hybridized carbons (Fsp3) is 0.333. The van der Waals surface area contributed by atoms with Gasteiger partial charge in [0.15, 0.2) is 11.5 Å². The van der Waals surface area contributed by atoms with E-state index in [0.717, 1.165) is 0 Å². The van der Waals surface area contributed by atoms with Crippen molar-refractivity contribution in [1.82, 2.24) is 20.2 Å². The van der Waals surface area contributed by atoms with Gasteiger partial charge in [-0.2, -0.15) is 4.68 Å². The Hall–Kier alpha value is -3.50. The van der Waals surface area contributed by atoms with Crippen LogP contribution in [-0.4, -0.2) is 43.1 Å². The van der Waals surface area contributed by atoms with E-state index in [4.69, 9.17) is 4.74 Å². The molecule has 4 rings (SSSR count). The number of rotatable bonds is 3. The largest absolute Gasteiger partial charge is 0.500 e. The van der Waals surface area contributed by atoms with E-state index in [2.05, 4.69) is 20.8 Å². The molecule has 26 heavy (non-hydrogen) atoms. The summed E-state index contributed by atoms with van der Waals surface area (Å²) in [6.07, 6.45) is 1.74. The molecular formula is C15H14N6O5. The number of benzene rings is 1. The smallest absolute Gasteiger partial charge is 0.315 e. The first kappa shape index (κ1) is 16.0. The van der Waals surface area contributed by atoms with Crippen LogP contribution in [0, 0.1) is 10.1 Å². The highest BCUT2D eigenvalue weighted by Crippen LogP contribution is 2.44. The van der Waals surface area contributed by atoms with E-state index in [-0.39, 0.29) is 11.5 Å². The summed E-state index contributed by atoms with van der Waals surface area (Å²) >= 11 is 0. The second kappa shape index (κ2) is 5.79. The number of allylic oxidation sites excluding steroid dienone is 2. The van der Waals surface area contributed by atoms with Gasteiger partial charge in [-0.15, -0.1) is 0 Å². The minimum absolute atomic E-state index is 0.0623. The quantitative estimate of drug-likeness (QED) is 0.612. The summed E-state index contributed by atoms with van der Waals surface area (Å²) in [6, 6.07) is 1.93. The van der Waals surface area contributed by atoms with Crippen LogP contribution >= 0.6 is 0 Å². The Morgan fingerprint density at radius 2 is 2.23 bits per heavy atom. The minimum atomic E-state index is -0.739. The van der Waals surface area contributed by atoms with Gasteiger partial charge in [0.25, 0.3) is 0 Å². The van der Waals surface area contributed by atoms with Crippen molar-refractivity contribution in [3.05, 3.63) is 39.1 Å². The maximum Gasteiger partial charge on any atom is 0.315 e. The number of hydrogen-bond donors (Lipinski definition) is 2. The monoisotopic (exact) mass is 358 g/mol. The van der Waals surface area contributed by atoms with Gasteiger partial charge < -0.3 is 15.2 Å². The number of carbonyl (C=O) groups excluding carboxylic acids is 1. The van der Waals surface area contributed by atoms with Gasteiger partial charge in [-0.25, -0.2) is 0 Å². The van der Waals surface area contributed by atoms with Gasteiger partial charge in [0.2, 0.25) is 11.7 Å². The van der Waals surface area contributed by atoms with Crippen LogP contribution in [0.4, 0.5) is 11.6 Å². The molecule has 0 bridgehead atoms. The summed E-state index contributed by atoms with van der Waals surface area (Å²) in [7, 11) is 1.30. The van der Waals surface area contributed by atoms with Crippen molar-refractivity contribution in [3.8, 4) is 11.5 Å². The second-order valence-corrected chi connectivity index (χ2v) is 5.99. The molecule has 134 valence electrons. The number of ether oxygens (including phenoxy) is 1. The van der Waals surface area contributed by atoms with E-state index in [0.29, 0.717) is 42.0 Å². The summed E-state index contributed by atoms with van der Waals surface area (Å²) in [5.41, 5.74) is 1.04. The average molecular weight is 358 g/mol. The fourth-order valence-electron chi connectivity index (χ4n) is 3.39. The summed E-state index contributed by atoms with van der Waals surface area (Å²) < 4.78 is 6.47. The van der Waals surface area contributed by atoms with Gasteiger partial charge in [0, 0.05) is 23.8 Å². The van der Waals surface area contributed by atoms with Crippen LogP contribution in [-0.2, 0) is 4.79 Å². The highest BCUT2D eigenvalue weighted by Gasteiger charge is 2.38. The molecule has 0 spiro atoms. The van der Waals surface area contributed by atoms with Crippen LogP contribution in [0.15, 0.2) is 23.4 Å².